The van der Waals surface area contributed by atoms with Crippen LogP contribution in [-0.2, 0) is 4.79 Å². The summed E-state index contributed by atoms with van der Waals surface area (Å²) in [5.74, 6) is 0.686. The molecule has 20 heavy (non-hydrogen) atoms. The van der Waals surface area contributed by atoms with Gasteiger partial charge in [-0.2, -0.15) is 0 Å². The van der Waals surface area contributed by atoms with Gasteiger partial charge in [-0.3, -0.25) is 4.79 Å². The summed E-state index contributed by atoms with van der Waals surface area (Å²) < 4.78 is 3.52. The number of fused-ring (bicyclic) bond motifs is 1. The van der Waals surface area contributed by atoms with Gasteiger partial charge in [-0.05, 0) is 48.9 Å². The smallest absolute Gasteiger partial charge is 0.221 e. The van der Waals surface area contributed by atoms with Gasteiger partial charge in [0.15, 0.2) is 0 Å². The van der Waals surface area contributed by atoms with Crippen molar-refractivity contribution >= 4 is 29.2 Å². The van der Waals surface area contributed by atoms with E-state index < -0.39 is 0 Å². The van der Waals surface area contributed by atoms with Gasteiger partial charge in [0.25, 0.3) is 0 Å². The molecule has 3 rings (SSSR count). The summed E-state index contributed by atoms with van der Waals surface area (Å²) in [6, 6.07) is 6.03. The number of rotatable bonds is 2. The first-order valence-electron chi connectivity index (χ1n) is 7.33. The van der Waals surface area contributed by atoms with Crippen LogP contribution in [0.5, 0.6) is 0 Å². The number of amides is 1. The highest BCUT2D eigenvalue weighted by Crippen LogP contribution is 2.36. The van der Waals surface area contributed by atoms with Gasteiger partial charge in [-0.15, -0.1) is 0 Å². The number of hydrogen-bond acceptors (Lipinski definition) is 4. The standard InChI is InChI=1S/C15H21N3OS/c1-10(19)16-12-7-8-13-14(9-12)20-18-15(17-13)11-5-3-2-4-6-11/h7-9,11,15,17-18H,2-6H2,1H3,(H,16,19). The molecular weight excluding hydrogens is 270 g/mol. The molecule has 4 nitrogen and oxygen atoms in total. The van der Waals surface area contributed by atoms with E-state index in [-0.39, 0.29) is 5.91 Å². The number of benzene rings is 1. The fraction of sp³-hybridized carbons (Fsp3) is 0.533. The minimum absolute atomic E-state index is 0.0354. The zero-order chi connectivity index (χ0) is 13.9. The highest BCUT2D eigenvalue weighted by molar-refractivity contribution is 7.97. The third-order valence-electron chi connectivity index (χ3n) is 4.03. The molecule has 2 aliphatic rings. The number of nitrogens with one attached hydrogen (secondary N) is 3. The largest absolute Gasteiger partial charge is 0.368 e. The summed E-state index contributed by atoms with van der Waals surface area (Å²) in [4.78, 5) is 12.2. The maximum absolute atomic E-state index is 11.1. The van der Waals surface area contributed by atoms with Gasteiger partial charge in [0.2, 0.25) is 5.91 Å². The molecule has 1 saturated carbocycles. The highest BCUT2D eigenvalue weighted by Gasteiger charge is 2.27. The Morgan fingerprint density at radius 3 is 2.85 bits per heavy atom. The molecule has 1 atom stereocenters. The molecule has 1 unspecified atom stereocenters. The van der Waals surface area contributed by atoms with Crippen LogP contribution in [0.3, 0.4) is 0 Å². The predicted octanol–water partition coefficient (Wildman–Crippen LogP) is 3.57. The van der Waals surface area contributed by atoms with Gasteiger partial charge in [-0.25, -0.2) is 4.72 Å². The van der Waals surface area contributed by atoms with Crippen LogP contribution < -0.4 is 15.4 Å². The van der Waals surface area contributed by atoms with E-state index in [1.165, 1.54) is 44.7 Å². The number of carbonyl (C=O) groups is 1. The Kier molecular flexibility index (Phi) is 4.17. The molecule has 1 aromatic rings. The molecule has 1 aliphatic carbocycles. The summed E-state index contributed by atoms with van der Waals surface area (Å²) in [5.41, 5.74) is 2.02. The third kappa shape index (κ3) is 3.10. The number of anilines is 2. The van der Waals surface area contributed by atoms with E-state index in [1.54, 1.807) is 11.9 Å². The average molecular weight is 291 g/mol. The van der Waals surface area contributed by atoms with E-state index in [9.17, 15) is 4.79 Å². The second-order valence-electron chi connectivity index (χ2n) is 5.63. The monoisotopic (exact) mass is 291 g/mol. The minimum atomic E-state index is -0.0354. The van der Waals surface area contributed by atoms with Crippen molar-refractivity contribution in [3.05, 3.63) is 18.2 Å². The zero-order valence-electron chi connectivity index (χ0n) is 11.7. The molecule has 0 radical (unpaired) electrons. The Morgan fingerprint density at radius 1 is 1.30 bits per heavy atom. The molecule has 1 aromatic carbocycles. The normalized spacial score (nSPS) is 22.8. The van der Waals surface area contributed by atoms with Crippen LogP contribution in [0.25, 0.3) is 0 Å². The van der Waals surface area contributed by atoms with Crippen LogP contribution in [0.15, 0.2) is 23.1 Å². The molecule has 5 heteroatoms. The third-order valence-corrected chi connectivity index (χ3v) is 4.96. The van der Waals surface area contributed by atoms with Crippen molar-refractivity contribution in [2.45, 2.75) is 50.1 Å². The van der Waals surface area contributed by atoms with E-state index in [0.717, 1.165) is 16.5 Å². The van der Waals surface area contributed by atoms with Crippen molar-refractivity contribution in [2.24, 2.45) is 5.92 Å². The molecule has 1 aliphatic heterocycles. The summed E-state index contributed by atoms with van der Waals surface area (Å²) in [7, 11) is 0. The van der Waals surface area contributed by atoms with Crippen LogP contribution in [0.1, 0.15) is 39.0 Å². The Bertz CT molecular complexity index is 500. The van der Waals surface area contributed by atoms with Crippen LogP contribution in [0.4, 0.5) is 11.4 Å². The molecule has 1 amide bonds. The molecule has 3 N–H and O–H groups in total. The summed E-state index contributed by atoms with van der Waals surface area (Å²) in [6.45, 7) is 1.53. The van der Waals surface area contributed by atoms with Gasteiger partial charge in [0.05, 0.1) is 11.9 Å². The van der Waals surface area contributed by atoms with E-state index in [0.29, 0.717) is 6.17 Å². The van der Waals surface area contributed by atoms with Crippen molar-refractivity contribution in [3.8, 4) is 0 Å². The van der Waals surface area contributed by atoms with Crippen LogP contribution in [0.2, 0.25) is 0 Å². The fourth-order valence-electron chi connectivity index (χ4n) is 3.01. The maximum atomic E-state index is 11.1. The van der Waals surface area contributed by atoms with Crippen molar-refractivity contribution in [2.75, 3.05) is 10.6 Å². The first kappa shape index (κ1) is 13.8. The maximum Gasteiger partial charge on any atom is 0.221 e. The fourth-order valence-corrected chi connectivity index (χ4v) is 3.94. The van der Waals surface area contributed by atoms with E-state index >= 15 is 0 Å². The quantitative estimate of drug-likeness (QED) is 0.729. The molecule has 0 aromatic heterocycles. The molecule has 0 saturated heterocycles. The first-order valence-corrected chi connectivity index (χ1v) is 8.14. The lowest BCUT2D eigenvalue weighted by molar-refractivity contribution is -0.114. The van der Waals surface area contributed by atoms with Gasteiger partial charge < -0.3 is 10.6 Å². The van der Waals surface area contributed by atoms with Crippen LogP contribution >= 0.6 is 11.9 Å². The van der Waals surface area contributed by atoms with Crippen LogP contribution in [-0.4, -0.2) is 12.1 Å². The average Bonchev–Trinajstić information content (AvgIpc) is 2.47. The van der Waals surface area contributed by atoms with E-state index in [1.807, 2.05) is 12.1 Å². The van der Waals surface area contributed by atoms with Gasteiger partial charge in [-0.1, -0.05) is 19.3 Å². The molecule has 0 spiro atoms. The highest BCUT2D eigenvalue weighted by atomic mass is 32.2. The number of hydrogen-bond donors (Lipinski definition) is 3. The SMILES string of the molecule is CC(=O)Nc1ccc2c(c1)SNC(C1CCCCC1)N2. The van der Waals surface area contributed by atoms with Crippen molar-refractivity contribution in [3.63, 3.8) is 0 Å². The summed E-state index contributed by atoms with van der Waals surface area (Å²) in [5, 5.41) is 6.42. The second-order valence-corrected chi connectivity index (χ2v) is 6.51. The Labute approximate surface area is 124 Å². The second kappa shape index (κ2) is 6.06. The van der Waals surface area contributed by atoms with Crippen molar-refractivity contribution < 1.29 is 4.79 Å². The Hall–Kier alpha value is -1.20. The molecule has 1 fully saturated rings. The first-order chi connectivity index (χ1) is 9.72. The van der Waals surface area contributed by atoms with E-state index in [2.05, 4.69) is 21.4 Å². The van der Waals surface area contributed by atoms with Gasteiger partial charge >= 0.3 is 0 Å². The molecule has 0 bridgehead atoms. The van der Waals surface area contributed by atoms with Gasteiger partial charge in [0.1, 0.15) is 0 Å². The van der Waals surface area contributed by atoms with Crippen molar-refractivity contribution in [1.82, 2.24) is 4.72 Å². The Morgan fingerprint density at radius 2 is 2.10 bits per heavy atom. The molecular formula is C15H21N3OS. The Balaban J connectivity index is 1.70. The lowest BCUT2D eigenvalue weighted by atomic mass is 9.87. The van der Waals surface area contributed by atoms with Crippen molar-refractivity contribution in [1.29, 1.82) is 0 Å². The lowest BCUT2D eigenvalue weighted by Crippen LogP contribution is -2.42. The zero-order valence-corrected chi connectivity index (χ0v) is 12.6. The van der Waals surface area contributed by atoms with E-state index in [4.69, 9.17) is 0 Å². The topological polar surface area (TPSA) is 53.2 Å². The minimum Gasteiger partial charge on any atom is -0.368 e. The predicted molar refractivity (Wildman–Crippen MR) is 83.7 cm³/mol. The molecule has 108 valence electrons. The summed E-state index contributed by atoms with van der Waals surface area (Å²) in [6.07, 6.45) is 7.06. The number of carbonyl (C=O) groups excluding carboxylic acids is 1. The molecule has 1 heterocycles. The van der Waals surface area contributed by atoms with Gasteiger partial charge in [0, 0.05) is 17.5 Å². The van der Waals surface area contributed by atoms with Crippen LogP contribution in [0, 0.1) is 5.92 Å². The lowest BCUT2D eigenvalue weighted by Gasteiger charge is -2.35. The summed E-state index contributed by atoms with van der Waals surface area (Å²) >= 11 is 1.67.